The van der Waals surface area contributed by atoms with Gasteiger partial charge in [-0.05, 0) is 28.3 Å². The van der Waals surface area contributed by atoms with E-state index in [0.29, 0.717) is 11.5 Å². The van der Waals surface area contributed by atoms with Crippen LogP contribution in [0, 0.1) is 16.7 Å². The zero-order valence-corrected chi connectivity index (χ0v) is 15.6. The van der Waals surface area contributed by atoms with Gasteiger partial charge in [0, 0.05) is 30.7 Å². The van der Waals surface area contributed by atoms with Crippen molar-refractivity contribution < 1.29 is 4.79 Å². The van der Waals surface area contributed by atoms with E-state index in [1.165, 1.54) is 0 Å². The molecule has 4 rings (SSSR count). The molecule has 1 aliphatic rings. The molecule has 0 bridgehead atoms. The average molecular weight is 350 g/mol. The van der Waals surface area contributed by atoms with Crippen LogP contribution in [0.2, 0.25) is 0 Å². The Morgan fingerprint density at radius 2 is 1.73 bits per heavy atom. The van der Waals surface area contributed by atoms with Crippen LogP contribution in [-0.2, 0) is 11.8 Å². The van der Waals surface area contributed by atoms with Gasteiger partial charge in [0.2, 0.25) is 5.91 Å². The number of anilines is 1. The van der Waals surface area contributed by atoms with Crippen LogP contribution >= 0.6 is 0 Å². The summed E-state index contributed by atoms with van der Waals surface area (Å²) in [4.78, 5) is 21.4. The van der Waals surface area contributed by atoms with Crippen LogP contribution in [0.25, 0.3) is 22.2 Å². The van der Waals surface area contributed by atoms with Crippen molar-refractivity contribution >= 4 is 22.5 Å². The highest BCUT2D eigenvalue weighted by Gasteiger charge is 2.68. The number of amides is 1. The number of hydrogen-bond acceptors (Lipinski definition) is 5. The molecule has 1 amide bonds. The lowest BCUT2D eigenvalue weighted by atomic mass is 10.0. The topological polar surface area (TPSA) is 85.6 Å². The number of aryl methyl sites for hydroxylation is 1. The zero-order chi connectivity index (χ0) is 18.7. The Labute approximate surface area is 151 Å². The van der Waals surface area contributed by atoms with Crippen molar-refractivity contribution in [1.82, 2.24) is 25.0 Å². The van der Waals surface area contributed by atoms with E-state index in [1.807, 2.05) is 25.4 Å². The summed E-state index contributed by atoms with van der Waals surface area (Å²) in [6, 6.07) is 3.80. The van der Waals surface area contributed by atoms with Crippen LogP contribution in [0.5, 0.6) is 0 Å². The van der Waals surface area contributed by atoms with Gasteiger partial charge in [-0.1, -0.05) is 32.9 Å². The number of carbonyl (C=O) groups is 1. The Kier molecular flexibility index (Phi) is 3.41. The summed E-state index contributed by atoms with van der Waals surface area (Å²) in [5, 5.41) is 12.9. The third kappa shape index (κ3) is 2.46. The SMILES string of the molecule is Cn1cc(-c2cc3cc(NC(=O)C4C(C)(C)C4(C)C)ncc3cn2)nn1. The minimum atomic E-state index is -0.0138. The predicted molar refractivity (Wildman–Crippen MR) is 99.2 cm³/mol. The molecule has 3 heterocycles. The van der Waals surface area contributed by atoms with Gasteiger partial charge in [-0.15, -0.1) is 5.10 Å². The van der Waals surface area contributed by atoms with E-state index in [2.05, 4.69) is 53.3 Å². The Balaban J connectivity index is 1.62. The zero-order valence-electron chi connectivity index (χ0n) is 15.6. The Morgan fingerprint density at radius 1 is 1.04 bits per heavy atom. The summed E-state index contributed by atoms with van der Waals surface area (Å²) >= 11 is 0. The molecule has 0 spiro atoms. The smallest absolute Gasteiger partial charge is 0.229 e. The first-order valence-electron chi connectivity index (χ1n) is 8.63. The van der Waals surface area contributed by atoms with E-state index in [0.717, 1.165) is 16.5 Å². The molecule has 0 atom stereocenters. The van der Waals surface area contributed by atoms with Gasteiger partial charge in [-0.2, -0.15) is 0 Å². The average Bonchev–Trinajstić information content (AvgIpc) is 2.87. The molecule has 1 N–H and O–H groups in total. The summed E-state index contributed by atoms with van der Waals surface area (Å²) in [6.07, 6.45) is 5.29. The van der Waals surface area contributed by atoms with E-state index in [-0.39, 0.29) is 22.7 Å². The second-order valence-electron chi connectivity index (χ2n) is 8.13. The first kappa shape index (κ1) is 16.6. The molecule has 26 heavy (non-hydrogen) atoms. The normalized spacial score (nSPS) is 18.0. The highest BCUT2D eigenvalue weighted by molar-refractivity contribution is 5.97. The fourth-order valence-corrected chi connectivity index (χ4v) is 3.76. The molecular weight excluding hydrogens is 328 g/mol. The lowest BCUT2D eigenvalue weighted by Gasteiger charge is -2.07. The quantitative estimate of drug-likeness (QED) is 0.785. The van der Waals surface area contributed by atoms with Crippen LogP contribution in [0.15, 0.2) is 30.7 Å². The van der Waals surface area contributed by atoms with Crippen molar-refractivity contribution in [2.75, 3.05) is 5.32 Å². The number of pyridine rings is 2. The lowest BCUT2D eigenvalue weighted by Crippen LogP contribution is -2.18. The number of hydrogen-bond donors (Lipinski definition) is 1. The Morgan fingerprint density at radius 3 is 2.35 bits per heavy atom. The number of nitrogens with zero attached hydrogens (tertiary/aromatic N) is 5. The van der Waals surface area contributed by atoms with E-state index in [1.54, 1.807) is 17.1 Å². The van der Waals surface area contributed by atoms with E-state index < -0.39 is 0 Å². The number of nitrogens with one attached hydrogen (secondary N) is 1. The van der Waals surface area contributed by atoms with Gasteiger partial charge in [0.1, 0.15) is 11.5 Å². The summed E-state index contributed by atoms with van der Waals surface area (Å²) in [7, 11) is 1.82. The Hall–Kier alpha value is -2.83. The van der Waals surface area contributed by atoms with Gasteiger partial charge >= 0.3 is 0 Å². The number of carbonyl (C=O) groups excluding carboxylic acids is 1. The molecular formula is C19H22N6O. The fourth-order valence-electron chi connectivity index (χ4n) is 3.76. The molecule has 0 aromatic carbocycles. The largest absolute Gasteiger partial charge is 0.310 e. The summed E-state index contributed by atoms with van der Waals surface area (Å²) in [6.45, 7) is 8.52. The second-order valence-corrected chi connectivity index (χ2v) is 8.13. The van der Waals surface area contributed by atoms with Gasteiger partial charge in [0.15, 0.2) is 0 Å². The first-order chi connectivity index (χ1) is 12.2. The molecule has 1 saturated carbocycles. The molecule has 3 aromatic heterocycles. The molecule has 0 unspecified atom stereocenters. The lowest BCUT2D eigenvalue weighted by molar-refractivity contribution is -0.118. The van der Waals surface area contributed by atoms with Crippen LogP contribution in [0.1, 0.15) is 27.7 Å². The van der Waals surface area contributed by atoms with Crippen molar-refractivity contribution in [1.29, 1.82) is 0 Å². The van der Waals surface area contributed by atoms with Crippen LogP contribution in [0.3, 0.4) is 0 Å². The van der Waals surface area contributed by atoms with E-state index in [4.69, 9.17) is 0 Å². The molecule has 7 nitrogen and oxygen atoms in total. The van der Waals surface area contributed by atoms with Crippen LogP contribution < -0.4 is 5.32 Å². The third-order valence-corrected chi connectivity index (χ3v) is 6.00. The maximum absolute atomic E-state index is 12.6. The maximum Gasteiger partial charge on any atom is 0.229 e. The van der Waals surface area contributed by atoms with Crippen molar-refractivity contribution in [3.63, 3.8) is 0 Å². The third-order valence-electron chi connectivity index (χ3n) is 6.00. The van der Waals surface area contributed by atoms with Crippen molar-refractivity contribution in [3.05, 3.63) is 30.7 Å². The summed E-state index contributed by atoms with van der Waals surface area (Å²) in [5.41, 5.74) is 1.44. The van der Waals surface area contributed by atoms with Crippen molar-refractivity contribution in [2.45, 2.75) is 27.7 Å². The highest BCUT2D eigenvalue weighted by Crippen LogP contribution is 2.68. The van der Waals surface area contributed by atoms with Gasteiger partial charge in [0.25, 0.3) is 0 Å². The minimum Gasteiger partial charge on any atom is -0.310 e. The summed E-state index contributed by atoms with van der Waals surface area (Å²) < 4.78 is 1.64. The van der Waals surface area contributed by atoms with Crippen LogP contribution in [-0.4, -0.2) is 30.9 Å². The fraction of sp³-hybridized carbons (Fsp3) is 0.421. The van der Waals surface area contributed by atoms with Crippen molar-refractivity contribution in [3.8, 4) is 11.4 Å². The molecule has 3 aromatic rings. The molecule has 0 aliphatic heterocycles. The molecule has 134 valence electrons. The van der Waals surface area contributed by atoms with Gasteiger partial charge in [-0.3, -0.25) is 14.5 Å². The van der Waals surface area contributed by atoms with Gasteiger partial charge in [-0.25, -0.2) is 4.98 Å². The second kappa shape index (κ2) is 5.33. The highest BCUT2D eigenvalue weighted by atomic mass is 16.2. The van der Waals surface area contributed by atoms with E-state index in [9.17, 15) is 4.79 Å². The van der Waals surface area contributed by atoms with Gasteiger partial charge < -0.3 is 5.32 Å². The number of rotatable bonds is 3. The molecule has 1 aliphatic carbocycles. The molecule has 0 saturated heterocycles. The standard InChI is InChI=1S/C19H22N6O/c1-18(2)16(19(18,3)4)17(26)22-15-7-11-6-13(14-10-25(5)24-23-14)20-8-12(11)9-21-15/h6-10,16H,1-5H3,(H,21,22,26). The molecule has 7 heteroatoms. The minimum absolute atomic E-state index is 0.00298. The Bertz CT molecular complexity index is 1010. The number of aromatic nitrogens is 5. The molecule has 0 radical (unpaired) electrons. The monoisotopic (exact) mass is 350 g/mol. The summed E-state index contributed by atoms with van der Waals surface area (Å²) in [5.74, 6) is 0.562. The van der Waals surface area contributed by atoms with Crippen molar-refractivity contribution in [2.24, 2.45) is 23.8 Å². The first-order valence-corrected chi connectivity index (χ1v) is 8.63. The van der Waals surface area contributed by atoms with E-state index >= 15 is 0 Å². The van der Waals surface area contributed by atoms with Crippen LogP contribution in [0.4, 0.5) is 5.82 Å². The predicted octanol–water partition coefficient (Wildman–Crippen LogP) is 3.05. The maximum atomic E-state index is 12.6. The number of fused-ring (bicyclic) bond motifs is 1. The molecule has 1 fully saturated rings. The van der Waals surface area contributed by atoms with Gasteiger partial charge in [0.05, 0.1) is 11.9 Å².